The number of nitrogens with zero attached hydrogens (tertiary/aromatic N) is 3. The predicted octanol–water partition coefficient (Wildman–Crippen LogP) is 4.17. The number of rotatable bonds is 8. The van der Waals surface area contributed by atoms with E-state index in [4.69, 9.17) is 33.7 Å². The number of halogens is 2. The van der Waals surface area contributed by atoms with Crippen LogP contribution in [0.5, 0.6) is 0 Å². The molecule has 2 aromatic heterocycles. The van der Waals surface area contributed by atoms with Crippen LogP contribution < -0.4 is 11.1 Å². The molecule has 0 bridgehead atoms. The molecule has 174 valence electrons. The zero-order valence-corrected chi connectivity index (χ0v) is 20.9. The topological polar surface area (TPSA) is 129 Å². The van der Waals surface area contributed by atoms with E-state index in [2.05, 4.69) is 15.5 Å². The van der Waals surface area contributed by atoms with E-state index in [-0.39, 0.29) is 27.8 Å². The van der Waals surface area contributed by atoms with E-state index in [0.717, 1.165) is 28.7 Å². The maximum absolute atomic E-state index is 12.6. The van der Waals surface area contributed by atoms with Crippen molar-refractivity contribution >= 4 is 69.1 Å². The van der Waals surface area contributed by atoms with Gasteiger partial charge in [-0.2, -0.15) is 0 Å². The molecule has 2 amide bonds. The van der Waals surface area contributed by atoms with Crippen molar-refractivity contribution in [3.63, 3.8) is 0 Å². The van der Waals surface area contributed by atoms with E-state index in [1.807, 2.05) is 0 Å². The number of carbonyl (C=O) groups is 3. The quantitative estimate of drug-likeness (QED) is 0.332. The summed E-state index contributed by atoms with van der Waals surface area (Å²) in [7, 11) is 1.76. The monoisotopic (exact) mass is 527 g/mol. The molecule has 2 heterocycles. The fourth-order valence-electron chi connectivity index (χ4n) is 2.91. The lowest BCUT2D eigenvalue weighted by atomic mass is 10.1. The smallest absolute Gasteiger partial charge is 0.341 e. The average molecular weight is 528 g/mol. The van der Waals surface area contributed by atoms with E-state index < -0.39 is 17.8 Å². The number of benzene rings is 1. The molecule has 1 aromatic carbocycles. The summed E-state index contributed by atoms with van der Waals surface area (Å²) >= 11 is 14.1. The third-order valence-corrected chi connectivity index (χ3v) is 7.43. The lowest BCUT2D eigenvalue weighted by Crippen LogP contribution is -2.17. The minimum absolute atomic E-state index is 0.0154. The maximum Gasteiger partial charge on any atom is 0.341 e. The van der Waals surface area contributed by atoms with Crippen molar-refractivity contribution in [1.29, 1.82) is 0 Å². The van der Waals surface area contributed by atoms with E-state index in [1.54, 1.807) is 43.7 Å². The van der Waals surface area contributed by atoms with Crippen molar-refractivity contribution in [3.8, 4) is 11.4 Å². The molecule has 0 spiro atoms. The molecule has 0 aliphatic rings. The van der Waals surface area contributed by atoms with Gasteiger partial charge in [0, 0.05) is 12.6 Å². The fourth-order valence-corrected chi connectivity index (χ4v) is 4.98. The first-order valence-corrected chi connectivity index (χ1v) is 12.1. The summed E-state index contributed by atoms with van der Waals surface area (Å²) in [6.45, 7) is 3.39. The number of esters is 1. The molecule has 0 saturated heterocycles. The molecule has 0 aliphatic heterocycles. The zero-order valence-electron chi connectivity index (χ0n) is 17.8. The number of anilines is 1. The minimum Gasteiger partial charge on any atom is -0.462 e. The zero-order chi connectivity index (χ0) is 24.3. The van der Waals surface area contributed by atoms with Crippen LogP contribution >= 0.6 is 46.3 Å². The maximum atomic E-state index is 12.6. The Kier molecular flexibility index (Phi) is 8.01. The van der Waals surface area contributed by atoms with Gasteiger partial charge in [0.15, 0.2) is 11.0 Å². The summed E-state index contributed by atoms with van der Waals surface area (Å²) in [5.41, 5.74) is 6.60. The van der Waals surface area contributed by atoms with Crippen LogP contribution in [0.2, 0.25) is 10.0 Å². The third kappa shape index (κ3) is 5.49. The van der Waals surface area contributed by atoms with Gasteiger partial charge < -0.3 is 20.4 Å². The number of hydrogen-bond acceptors (Lipinski definition) is 8. The SMILES string of the molecule is CCOC(=O)c1c(NC(=O)CSc2nnc(-c3ccc(Cl)c(Cl)c3)n2C)sc(C(N)=O)c1C. The molecule has 33 heavy (non-hydrogen) atoms. The molecule has 0 saturated carbocycles. The van der Waals surface area contributed by atoms with Crippen molar-refractivity contribution in [2.45, 2.75) is 19.0 Å². The van der Waals surface area contributed by atoms with Gasteiger partial charge in [0.25, 0.3) is 5.91 Å². The predicted molar refractivity (Wildman–Crippen MR) is 129 cm³/mol. The number of thioether (sulfide) groups is 1. The summed E-state index contributed by atoms with van der Waals surface area (Å²) < 4.78 is 6.77. The summed E-state index contributed by atoms with van der Waals surface area (Å²) in [6, 6.07) is 5.12. The van der Waals surface area contributed by atoms with Crippen LogP contribution in [-0.4, -0.2) is 44.9 Å². The number of carbonyl (C=O) groups excluding carboxylic acids is 3. The van der Waals surface area contributed by atoms with Crippen LogP contribution in [0.4, 0.5) is 5.00 Å². The van der Waals surface area contributed by atoms with Gasteiger partial charge in [-0.1, -0.05) is 35.0 Å². The number of thiophene rings is 1. The summed E-state index contributed by atoms with van der Waals surface area (Å²) in [5.74, 6) is -1.19. The minimum atomic E-state index is -0.688. The van der Waals surface area contributed by atoms with Gasteiger partial charge in [-0.25, -0.2) is 4.79 Å². The van der Waals surface area contributed by atoms with Crippen LogP contribution in [0.25, 0.3) is 11.4 Å². The standard InChI is InChI=1S/C20H19Cl2N5O4S2/c1-4-31-19(30)14-9(2)15(16(23)29)33-18(14)24-13(28)8-32-20-26-25-17(27(20)3)10-5-6-11(21)12(22)7-10/h5-7H,4,8H2,1-3H3,(H2,23,29)(H,24,28). The Hall–Kier alpha value is -2.60. The fraction of sp³-hybridized carbons (Fsp3) is 0.250. The van der Waals surface area contributed by atoms with Gasteiger partial charge in [0.05, 0.1) is 32.8 Å². The highest BCUT2D eigenvalue weighted by Crippen LogP contribution is 2.34. The average Bonchev–Trinajstić information content (AvgIpc) is 3.28. The molecule has 0 atom stereocenters. The van der Waals surface area contributed by atoms with E-state index in [1.165, 1.54) is 0 Å². The second-order valence-electron chi connectivity index (χ2n) is 6.68. The Labute approximate surface area is 207 Å². The second kappa shape index (κ2) is 10.6. The number of amides is 2. The van der Waals surface area contributed by atoms with Crippen LogP contribution in [-0.2, 0) is 16.6 Å². The lowest BCUT2D eigenvalue weighted by Gasteiger charge is -2.07. The van der Waals surface area contributed by atoms with Crippen molar-refractivity contribution in [1.82, 2.24) is 14.8 Å². The molecule has 3 rings (SSSR count). The van der Waals surface area contributed by atoms with Gasteiger partial charge in [-0.15, -0.1) is 21.5 Å². The first kappa shape index (κ1) is 25.0. The first-order chi connectivity index (χ1) is 15.6. The molecule has 3 N–H and O–H groups in total. The largest absolute Gasteiger partial charge is 0.462 e. The number of nitrogens with two attached hydrogens (primary N) is 1. The highest BCUT2D eigenvalue weighted by molar-refractivity contribution is 7.99. The van der Waals surface area contributed by atoms with Crippen molar-refractivity contribution in [3.05, 3.63) is 44.2 Å². The number of hydrogen-bond donors (Lipinski definition) is 2. The number of primary amides is 1. The Balaban J connectivity index is 1.74. The van der Waals surface area contributed by atoms with Crippen LogP contribution in [0.3, 0.4) is 0 Å². The van der Waals surface area contributed by atoms with Gasteiger partial charge in [-0.05, 0) is 37.6 Å². The highest BCUT2D eigenvalue weighted by atomic mass is 35.5. The molecular formula is C20H19Cl2N5O4S2. The van der Waals surface area contributed by atoms with E-state index in [0.29, 0.717) is 26.6 Å². The Morgan fingerprint density at radius 1 is 1.24 bits per heavy atom. The van der Waals surface area contributed by atoms with Crippen molar-refractivity contribution in [2.24, 2.45) is 12.8 Å². The van der Waals surface area contributed by atoms with Crippen molar-refractivity contribution in [2.75, 3.05) is 17.7 Å². The molecule has 0 aliphatic carbocycles. The Morgan fingerprint density at radius 3 is 2.61 bits per heavy atom. The van der Waals surface area contributed by atoms with Gasteiger partial charge in [0.1, 0.15) is 5.00 Å². The third-order valence-electron chi connectivity index (χ3n) is 4.45. The molecular weight excluding hydrogens is 509 g/mol. The number of ether oxygens (including phenoxy) is 1. The Morgan fingerprint density at radius 2 is 1.97 bits per heavy atom. The normalized spacial score (nSPS) is 10.8. The van der Waals surface area contributed by atoms with E-state index >= 15 is 0 Å². The number of aromatic nitrogens is 3. The lowest BCUT2D eigenvalue weighted by molar-refractivity contribution is -0.113. The molecule has 0 fully saturated rings. The first-order valence-electron chi connectivity index (χ1n) is 9.51. The van der Waals surface area contributed by atoms with Gasteiger partial charge in [-0.3, -0.25) is 9.59 Å². The highest BCUT2D eigenvalue weighted by Gasteiger charge is 2.26. The van der Waals surface area contributed by atoms with Crippen molar-refractivity contribution < 1.29 is 19.1 Å². The molecule has 3 aromatic rings. The molecule has 9 nitrogen and oxygen atoms in total. The number of nitrogens with one attached hydrogen (secondary N) is 1. The molecule has 13 heteroatoms. The second-order valence-corrected chi connectivity index (χ2v) is 9.45. The summed E-state index contributed by atoms with van der Waals surface area (Å²) in [5, 5.41) is 12.5. The summed E-state index contributed by atoms with van der Waals surface area (Å²) in [6.07, 6.45) is 0. The summed E-state index contributed by atoms with van der Waals surface area (Å²) in [4.78, 5) is 36.8. The van der Waals surface area contributed by atoms with Gasteiger partial charge >= 0.3 is 5.97 Å². The van der Waals surface area contributed by atoms with E-state index in [9.17, 15) is 14.4 Å². The Bertz CT molecular complexity index is 1240. The van der Waals surface area contributed by atoms with Crippen LogP contribution in [0.15, 0.2) is 23.4 Å². The van der Waals surface area contributed by atoms with Crippen LogP contribution in [0.1, 0.15) is 32.5 Å². The molecule has 0 radical (unpaired) electrons. The van der Waals surface area contributed by atoms with Crippen LogP contribution in [0, 0.1) is 6.92 Å². The molecule has 0 unspecified atom stereocenters. The van der Waals surface area contributed by atoms with Gasteiger partial charge in [0.2, 0.25) is 5.91 Å².